The molecule has 7 heteroatoms. The van der Waals surface area contributed by atoms with Crippen molar-refractivity contribution in [2.45, 2.75) is 83.9 Å². The fraction of sp³-hybridized carbons (Fsp3) is 0.750. The number of hydrogen-bond acceptors (Lipinski definition) is 4. The molecule has 154 valence electrons. The summed E-state index contributed by atoms with van der Waals surface area (Å²) < 4.78 is 5.30. The van der Waals surface area contributed by atoms with E-state index >= 15 is 0 Å². The summed E-state index contributed by atoms with van der Waals surface area (Å²) >= 11 is 0. The molecule has 0 saturated carbocycles. The van der Waals surface area contributed by atoms with E-state index < -0.39 is 29.7 Å². The molecule has 0 spiro atoms. The van der Waals surface area contributed by atoms with Gasteiger partial charge in [-0.05, 0) is 58.8 Å². The molecule has 0 bridgehead atoms. The van der Waals surface area contributed by atoms with E-state index in [1.54, 1.807) is 20.8 Å². The Balaban J connectivity index is 2.88. The summed E-state index contributed by atoms with van der Waals surface area (Å²) in [6.45, 7) is 11.3. The number of carboxylic acid groups (broad SMARTS) is 1. The Morgan fingerprint density at radius 3 is 2.56 bits per heavy atom. The molecule has 0 aromatic heterocycles. The molecular formula is C20H34N2O5. The van der Waals surface area contributed by atoms with Crippen LogP contribution >= 0.6 is 0 Å². The molecule has 2 amide bonds. The fourth-order valence-corrected chi connectivity index (χ4v) is 3.27. The molecule has 1 saturated heterocycles. The number of rotatable bonds is 9. The molecule has 0 radical (unpaired) electrons. The number of ether oxygens (including phenoxy) is 1. The highest BCUT2D eigenvalue weighted by Gasteiger charge is 2.39. The van der Waals surface area contributed by atoms with Crippen LogP contribution in [0.5, 0.6) is 0 Å². The van der Waals surface area contributed by atoms with Gasteiger partial charge in [-0.15, -0.1) is 6.58 Å². The van der Waals surface area contributed by atoms with Gasteiger partial charge in [0, 0.05) is 6.54 Å². The number of hydrogen-bond donors (Lipinski definition) is 2. The highest BCUT2D eigenvalue weighted by molar-refractivity contribution is 5.90. The first-order valence-corrected chi connectivity index (χ1v) is 9.70. The van der Waals surface area contributed by atoms with Crippen molar-refractivity contribution in [3.8, 4) is 0 Å². The number of allylic oxidation sites excluding steroid dienone is 1. The van der Waals surface area contributed by atoms with E-state index in [2.05, 4.69) is 11.9 Å². The number of alkyl carbamates (subject to hydrolysis) is 1. The van der Waals surface area contributed by atoms with Gasteiger partial charge in [0.1, 0.15) is 17.7 Å². The topological polar surface area (TPSA) is 95.9 Å². The summed E-state index contributed by atoms with van der Waals surface area (Å²) in [7, 11) is 0. The van der Waals surface area contributed by atoms with Crippen molar-refractivity contribution in [1.82, 2.24) is 10.2 Å². The Morgan fingerprint density at radius 2 is 2.00 bits per heavy atom. The van der Waals surface area contributed by atoms with Crippen LogP contribution in [0.4, 0.5) is 4.79 Å². The molecule has 3 atom stereocenters. The van der Waals surface area contributed by atoms with Crippen LogP contribution in [0.2, 0.25) is 0 Å². The Morgan fingerprint density at radius 1 is 1.33 bits per heavy atom. The van der Waals surface area contributed by atoms with E-state index in [0.717, 1.165) is 25.7 Å². The second kappa shape index (κ2) is 10.3. The number of amides is 2. The highest BCUT2D eigenvalue weighted by atomic mass is 16.6. The van der Waals surface area contributed by atoms with E-state index in [9.17, 15) is 19.5 Å². The molecule has 0 aliphatic carbocycles. The fourth-order valence-electron chi connectivity index (χ4n) is 3.27. The maximum Gasteiger partial charge on any atom is 0.408 e. The van der Waals surface area contributed by atoms with Gasteiger partial charge < -0.3 is 20.1 Å². The zero-order valence-electron chi connectivity index (χ0n) is 17.0. The number of nitrogens with one attached hydrogen (secondary N) is 1. The number of nitrogens with zero attached hydrogens (tertiary/aromatic N) is 1. The normalized spacial score (nSPS) is 19.3. The molecular weight excluding hydrogens is 348 g/mol. The molecule has 1 aliphatic rings. The van der Waals surface area contributed by atoms with Gasteiger partial charge in [0.05, 0.1) is 0 Å². The minimum atomic E-state index is -1.00. The lowest BCUT2D eigenvalue weighted by Crippen LogP contribution is -2.54. The third kappa shape index (κ3) is 7.61. The van der Waals surface area contributed by atoms with Gasteiger partial charge in [-0.25, -0.2) is 9.59 Å². The number of carbonyl (C=O) groups is 3. The summed E-state index contributed by atoms with van der Waals surface area (Å²) in [5.41, 5.74) is -0.678. The third-order valence-electron chi connectivity index (χ3n) is 4.65. The highest BCUT2D eigenvalue weighted by Crippen LogP contribution is 2.23. The maximum atomic E-state index is 13.1. The van der Waals surface area contributed by atoms with Crippen LogP contribution < -0.4 is 5.32 Å². The molecule has 27 heavy (non-hydrogen) atoms. The smallest absolute Gasteiger partial charge is 0.408 e. The largest absolute Gasteiger partial charge is 0.480 e. The van der Waals surface area contributed by atoms with E-state index in [1.807, 2.05) is 13.0 Å². The Bertz CT molecular complexity index is 541. The number of carbonyl (C=O) groups excluding carboxylic acids is 2. The zero-order chi connectivity index (χ0) is 20.6. The van der Waals surface area contributed by atoms with E-state index in [0.29, 0.717) is 19.4 Å². The van der Waals surface area contributed by atoms with Gasteiger partial charge in [0.15, 0.2) is 0 Å². The molecule has 1 aliphatic heterocycles. The van der Waals surface area contributed by atoms with Crippen molar-refractivity contribution in [1.29, 1.82) is 0 Å². The number of likely N-dealkylation sites (tertiary alicyclic amines) is 1. The van der Waals surface area contributed by atoms with Crippen LogP contribution in [-0.2, 0) is 14.3 Å². The van der Waals surface area contributed by atoms with Gasteiger partial charge in [-0.1, -0.05) is 19.4 Å². The maximum absolute atomic E-state index is 13.1. The number of aliphatic carboxylic acids is 1. The zero-order valence-corrected chi connectivity index (χ0v) is 17.0. The average molecular weight is 383 g/mol. The minimum Gasteiger partial charge on any atom is -0.480 e. The molecule has 7 nitrogen and oxygen atoms in total. The molecule has 1 rings (SSSR count). The molecule has 1 heterocycles. The van der Waals surface area contributed by atoms with Crippen LogP contribution in [-0.4, -0.2) is 52.2 Å². The van der Waals surface area contributed by atoms with Crippen molar-refractivity contribution in [3.63, 3.8) is 0 Å². The van der Waals surface area contributed by atoms with Crippen LogP contribution in [0.25, 0.3) is 0 Å². The quantitative estimate of drug-likeness (QED) is 0.471. The van der Waals surface area contributed by atoms with Crippen LogP contribution in [0.15, 0.2) is 12.7 Å². The van der Waals surface area contributed by atoms with E-state index in [-0.39, 0.29) is 11.8 Å². The first-order valence-electron chi connectivity index (χ1n) is 9.70. The SMILES string of the molecule is C=CCCCC[C@@H](C)C(NC(=O)OC(C)(C)C)C(=O)N1CCC[C@H]1C(=O)O. The van der Waals surface area contributed by atoms with Crippen molar-refractivity contribution in [2.24, 2.45) is 5.92 Å². The summed E-state index contributed by atoms with van der Waals surface area (Å²) in [5, 5.41) is 12.1. The van der Waals surface area contributed by atoms with Crippen LogP contribution in [0.1, 0.15) is 66.2 Å². The Labute approximate surface area is 162 Å². The number of carboxylic acids is 1. The van der Waals surface area contributed by atoms with Crippen molar-refractivity contribution >= 4 is 18.0 Å². The van der Waals surface area contributed by atoms with Gasteiger partial charge in [-0.2, -0.15) is 0 Å². The standard InChI is InChI=1S/C20H34N2O5/c1-6-7-8-9-11-14(2)16(21-19(26)27-20(3,4)5)17(23)22-13-10-12-15(22)18(24)25/h6,14-16H,1,7-13H2,2-5H3,(H,21,26)(H,24,25)/t14-,15+,16?/m1/s1. The van der Waals surface area contributed by atoms with Crippen molar-refractivity contribution in [2.75, 3.05) is 6.54 Å². The first-order chi connectivity index (χ1) is 12.6. The number of unbranched alkanes of at least 4 members (excludes halogenated alkanes) is 2. The summed E-state index contributed by atoms with van der Waals surface area (Å²) in [4.78, 5) is 38.1. The second-order valence-corrected chi connectivity index (χ2v) is 8.20. The Kier molecular flexibility index (Phi) is 8.79. The molecule has 0 aromatic rings. The predicted octanol–water partition coefficient (Wildman–Crippen LogP) is 3.34. The van der Waals surface area contributed by atoms with E-state index in [1.165, 1.54) is 4.90 Å². The van der Waals surface area contributed by atoms with Crippen LogP contribution in [0.3, 0.4) is 0 Å². The minimum absolute atomic E-state index is 0.134. The second-order valence-electron chi connectivity index (χ2n) is 8.20. The van der Waals surface area contributed by atoms with Gasteiger partial charge in [0.2, 0.25) is 5.91 Å². The monoisotopic (exact) mass is 382 g/mol. The predicted molar refractivity (Wildman–Crippen MR) is 103 cm³/mol. The molecule has 1 unspecified atom stereocenters. The summed E-state index contributed by atoms with van der Waals surface area (Å²) in [5.74, 6) is -1.48. The van der Waals surface area contributed by atoms with Gasteiger partial charge in [0.25, 0.3) is 0 Å². The average Bonchev–Trinajstić information content (AvgIpc) is 3.04. The summed E-state index contributed by atoms with van der Waals surface area (Å²) in [6, 6.07) is -1.63. The van der Waals surface area contributed by atoms with Crippen molar-refractivity contribution < 1.29 is 24.2 Å². The molecule has 2 N–H and O–H groups in total. The first kappa shape index (κ1) is 23.0. The lowest BCUT2D eigenvalue weighted by molar-refractivity contribution is -0.149. The van der Waals surface area contributed by atoms with Crippen LogP contribution in [0, 0.1) is 5.92 Å². The van der Waals surface area contributed by atoms with Crippen molar-refractivity contribution in [3.05, 3.63) is 12.7 Å². The third-order valence-corrected chi connectivity index (χ3v) is 4.65. The van der Waals surface area contributed by atoms with E-state index in [4.69, 9.17) is 4.74 Å². The lowest BCUT2D eigenvalue weighted by atomic mass is 9.94. The van der Waals surface area contributed by atoms with Gasteiger partial charge >= 0.3 is 12.1 Å². The molecule has 1 fully saturated rings. The lowest BCUT2D eigenvalue weighted by Gasteiger charge is -2.31. The van der Waals surface area contributed by atoms with Gasteiger partial charge in [-0.3, -0.25) is 4.79 Å². The molecule has 0 aromatic carbocycles. The Hall–Kier alpha value is -2.05. The summed E-state index contributed by atoms with van der Waals surface area (Å²) in [6.07, 6.45) is 5.78.